The molecule has 0 aliphatic carbocycles. The topological polar surface area (TPSA) is 301 Å². The molecule has 2 fully saturated rings. The summed E-state index contributed by atoms with van der Waals surface area (Å²) in [5, 5.41) is 0. The zero-order valence-electron chi connectivity index (χ0n) is 43.2. The Labute approximate surface area is 456 Å². The molecular formula is C55H54O25. The van der Waals surface area contributed by atoms with Crippen LogP contribution in [-0.2, 0) is 57.0 Å². The van der Waals surface area contributed by atoms with Gasteiger partial charge < -0.3 is 75.8 Å². The molecule has 4 aromatic rings. The van der Waals surface area contributed by atoms with Crippen LogP contribution in [0.5, 0.6) is 34.5 Å². The number of rotatable bonds is 24. The minimum atomic E-state index is -1.40. The molecule has 2 heterocycles. The first-order valence-electron chi connectivity index (χ1n) is 24.7. The highest BCUT2D eigenvalue weighted by Gasteiger charge is 2.51. The average molecular weight is 1120 g/mol. The molecule has 7 atom stereocenters. The van der Waals surface area contributed by atoms with Crippen LogP contribution in [0.25, 0.3) is 0 Å². The summed E-state index contributed by atoms with van der Waals surface area (Å²) < 4.78 is 84.3. The van der Waals surface area contributed by atoms with Crippen LogP contribution in [0.4, 0.5) is 24.0 Å². The van der Waals surface area contributed by atoms with E-state index in [9.17, 15) is 43.2 Å². The van der Waals surface area contributed by atoms with E-state index in [2.05, 4.69) is 13.2 Å². The van der Waals surface area contributed by atoms with Crippen LogP contribution in [0.2, 0.25) is 0 Å². The van der Waals surface area contributed by atoms with Crippen molar-refractivity contribution in [2.24, 2.45) is 0 Å². The summed E-state index contributed by atoms with van der Waals surface area (Å²) in [6, 6.07) is 21.3. The van der Waals surface area contributed by atoms with E-state index in [1.54, 1.807) is 20.8 Å². The zero-order chi connectivity index (χ0) is 57.6. The Bertz CT molecular complexity index is 2830. The van der Waals surface area contributed by atoms with Crippen LogP contribution >= 0.6 is 0 Å². The molecule has 2 saturated heterocycles. The SMILES string of the molecule is C=CC(=O)OC(CCC)OC(=O)Oc1ccc(OC(=O)Oc2ccc(C(=O)O[C@@H]3CO[C@H]4[C@@H]3OC[C@@H]4OC(=O)c3cccc(OC(=O)Oc4ccc(OC(=O)OC(CCC)OC(=O)OC(CCC)OC(=O)C=C)cc4)c3)cc2)cc1. The summed E-state index contributed by atoms with van der Waals surface area (Å²) in [7, 11) is 0. The normalized spacial score (nSPS) is 16.9. The Morgan fingerprint density at radius 2 is 0.775 bits per heavy atom. The smallest absolute Gasteiger partial charge is 0.453 e. The molecular weight excluding hydrogens is 1060 g/mol. The summed E-state index contributed by atoms with van der Waals surface area (Å²) in [6.07, 6.45) is -9.28. The molecule has 2 aliphatic heterocycles. The van der Waals surface area contributed by atoms with Gasteiger partial charge in [-0.05, 0) is 110 Å². The Morgan fingerprint density at radius 1 is 0.438 bits per heavy atom. The number of hydrogen-bond donors (Lipinski definition) is 0. The van der Waals surface area contributed by atoms with E-state index >= 15 is 0 Å². The van der Waals surface area contributed by atoms with Gasteiger partial charge in [0.05, 0.1) is 24.3 Å². The highest BCUT2D eigenvalue weighted by molar-refractivity contribution is 5.91. The van der Waals surface area contributed by atoms with Gasteiger partial charge in [-0.1, -0.05) is 40.0 Å². The van der Waals surface area contributed by atoms with Gasteiger partial charge in [0, 0.05) is 31.4 Å². The van der Waals surface area contributed by atoms with Crippen molar-refractivity contribution in [2.75, 3.05) is 13.2 Å². The van der Waals surface area contributed by atoms with Crippen LogP contribution in [0, 0.1) is 0 Å². The van der Waals surface area contributed by atoms with Gasteiger partial charge in [-0.25, -0.2) is 43.2 Å². The maximum atomic E-state index is 13.3. The summed E-state index contributed by atoms with van der Waals surface area (Å²) in [6.45, 7) is 11.7. The van der Waals surface area contributed by atoms with Crippen LogP contribution < -0.4 is 28.4 Å². The van der Waals surface area contributed by atoms with Crippen molar-refractivity contribution in [1.29, 1.82) is 0 Å². The standard InChI is InChI=1S/C55H54O25/c1-6-12-44(75-42(56)9-4)77-53(62)70-37-25-21-35(22-26-37)68-51(60)67-34-19-17-32(18-20-34)49(58)73-40-30-65-48-41(31-66-47(40)48)74-50(59)33-15-11-16-39(29-33)72-52(61)69-36-23-27-38(28-24-36)71-54(63)79-46(14-8-3)80-55(64)78-45(13-7-2)76-43(57)10-5/h9-11,15-29,40-41,44-48H,4-8,12-14,30-31H2,1-3H3/t40-,41+,44?,45?,46?,47-,48-/m1/s1. The molecule has 6 rings (SSSR count). The molecule has 0 amide bonds. The lowest BCUT2D eigenvalue weighted by Crippen LogP contribution is -2.36. The number of carbonyl (C=O) groups is 9. The maximum Gasteiger partial charge on any atom is 0.519 e. The van der Waals surface area contributed by atoms with Gasteiger partial charge in [0.25, 0.3) is 18.9 Å². The number of carbonyl (C=O) groups excluding carboxylic acids is 9. The molecule has 0 N–H and O–H groups in total. The molecule has 424 valence electrons. The third-order valence-corrected chi connectivity index (χ3v) is 10.8. The largest absolute Gasteiger partial charge is 0.519 e. The molecule has 80 heavy (non-hydrogen) atoms. The second kappa shape index (κ2) is 29.9. The fourth-order valence-corrected chi connectivity index (χ4v) is 7.15. The van der Waals surface area contributed by atoms with Gasteiger partial charge >= 0.3 is 54.7 Å². The van der Waals surface area contributed by atoms with Crippen LogP contribution in [0.3, 0.4) is 0 Å². The van der Waals surface area contributed by atoms with E-state index in [1.165, 1.54) is 97.1 Å². The number of hydrogen-bond acceptors (Lipinski definition) is 25. The second-order valence-electron chi connectivity index (χ2n) is 16.7. The lowest BCUT2D eigenvalue weighted by Gasteiger charge is -2.20. The minimum absolute atomic E-state index is 0.00103. The second-order valence-corrected chi connectivity index (χ2v) is 16.7. The first-order valence-corrected chi connectivity index (χ1v) is 24.7. The lowest BCUT2D eigenvalue weighted by atomic mass is 10.1. The summed E-state index contributed by atoms with van der Waals surface area (Å²) in [5.74, 6) is -3.17. The quantitative estimate of drug-likeness (QED) is 0.0207. The fourth-order valence-electron chi connectivity index (χ4n) is 7.15. The van der Waals surface area contributed by atoms with Gasteiger partial charge in [0.15, 0.2) is 12.2 Å². The van der Waals surface area contributed by atoms with Gasteiger partial charge in [-0.15, -0.1) is 0 Å². The zero-order valence-corrected chi connectivity index (χ0v) is 43.2. The molecule has 0 bridgehead atoms. The number of ether oxygens (including phenoxy) is 16. The minimum Gasteiger partial charge on any atom is -0.453 e. The van der Waals surface area contributed by atoms with E-state index in [4.69, 9.17) is 75.8 Å². The van der Waals surface area contributed by atoms with Crippen molar-refractivity contribution in [3.05, 3.63) is 133 Å². The predicted octanol–water partition coefficient (Wildman–Crippen LogP) is 9.41. The van der Waals surface area contributed by atoms with Gasteiger partial charge in [-0.3, -0.25) is 0 Å². The lowest BCUT2D eigenvalue weighted by molar-refractivity contribution is -0.173. The predicted molar refractivity (Wildman–Crippen MR) is 267 cm³/mol. The third-order valence-electron chi connectivity index (χ3n) is 10.8. The molecule has 0 saturated carbocycles. The molecule has 25 heteroatoms. The Hall–Kier alpha value is -9.49. The first kappa shape index (κ1) is 59.7. The summed E-state index contributed by atoms with van der Waals surface area (Å²) in [4.78, 5) is 112. The Balaban J connectivity index is 0.900. The van der Waals surface area contributed by atoms with Gasteiger partial charge in [-0.2, -0.15) is 0 Å². The highest BCUT2D eigenvalue weighted by atomic mass is 16.9. The summed E-state index contributed by atoms with van der Waals surface area (Å²) in [5.41, 5.74) is 0.0978. The Kier molecular flexibility index (Phi) is 22.3. The van der Waals surface area contributed by atoms with Gasteiger partial charge in [0.2, 0.25) is 0 Å². The molecule has 3 unspecified atom stereocenters. The monoisotopic (exact) mass is 1110 g/mol. The van der Waals surface area contributed by atoms with Crippen LogP contribution in [0.1, 0.15) is 80.0 Å². The number of fused-ring (bicyclic) bond motifs is 1. The van der Waals surface area contributed by atoms with Crippen molar-refractivity contribution >= 4 is 54.7 Å². The molecule has 0 radical (unpaired) electrons. The highest BCUT2D eigenvalue weighted by Crippen LogP contribution is 2.32. The van der Waals surface area contributed by atoms with Crippen molar-refractivity contribution in [3.8, 4) is 34.5 Å². The van der Waals surface area contributed by atoms with Crippen molar-refractivity contribution in [3.63, 3.8) is 0 Å². The van der Waals surface area contributed by atoms with E-state index in [1.807, 2.05) is 0 Å². The number of esters is 4. The Morgan fingerprint density at radius 3 is 1.16 bits per heavy atom. The number of benzene rings is 4. The first-order chi connectivity index (χ1) is 38.5. The summed E-state index contributed by atoms with van der Waals surface area (Å²) >= 11 is 0. The molecule has 2 aliphatic rings. The van der Waals surface area contributed by atoms with Gasteiger partial charge in [0.1, 0.15) is 46.7 Å². The fraction of sp³-hybridized carbons (Fsp3) is 0.327. The van der Waals surface area contributed by atoms with E-state index in [0.29, 0.717) is 19.3 Å². The third kappa shape index (κ3) is 18.6. The van der Waals surface area contributed by atoms with Crippen molar-refractivity contribution < 1.29 is 119 Å². The van der Waals surface area contributed by atoms with Crippen LogP contribution in [0.15, 0.2) is 122 Å². The average Bonchev–Trinajstić information content (AvgIpc) is 4.02. The van der Waals surface area contributed by atoms with E-state index in [0.717, 1.165) is 12.2 Å². The molecule has 25 nitrogen and oxygen atoms in total. The van der Waals surface area contributed by atoms with Crippen molar-refractivity contribution in [1.82, 2.24) is 0 Å². The molecule has 0 aromatic heterocycles. The molecule has 4 aromatic carbocycles. The van der Waals surface area contributed by atoms with E-state index < -0.39 is 97.9 Å². The molecule has 0 spiro atoms. The van der Waals surface area contributed by atoms with Crippen molar-refractivity contribution in [2.45, 2.75) is 103 Å². The van der Waals surface area contributed by atoms with Crippen LogP contribution in [-0.4, -0.2) is 111 Å². The van der Waals surface area contributed by atoms with E-state index in [-0.39, 0.29) is 78.1 Å². The maximum absolute atomic E-state index is 13.3.